The third kappa shape index (κ3) is 6.24. The van der Waals surface area contributed by atoms with Crippen molar-refractivity contribution < 1.29 is 4.79 Å². The molecule has 0 bridgehead atoms. The number of halogens is 1. The Kier molecular flexibility index (Phi) is 8.79. The molecular weight excluding hydrogens is 406 g/mol. The monoisotopic (exact) mass is 441 g/mol. The van der Waals surface area contributed by atoms with Crippen molar-refractivity contribution in [2.24, 2.45) is 0 Å². The van der Waals surface area contributed by atoms with Crippen molar-refractivity contribution in [2.75, 3.05) is 37.6 Å². The second-order valence-corrected chi connectivity index (χ2v) is 8.79. The van der Waals surface area contributed by atoms with E-state index in [0.717, 1.165) is 56.2 Å². The Balaban J connectivity index is 1.81. The maximum Gasteiger partial charge on any atom is 0.253 e. The number of likely N-dealkylation sites (tertiary alicyclic amines) is 1. The standard InChI is InChI=1S/C26H36ClN3O/c1-4-16-28-17-14-25(15-18-28)30(20-21-8-7-9-23(27)19-21)24-12-10-22(11-13-24)26(31)29(5-2)6-3/h7-13,19,25H,4-6,14-18,20H2,1-3H3. The van der Waals surface area contributed by atoms with Crippen LogP contribution in [0.3, 0.4) is 0 Å². The molecule has 0 radical (unpaired) electrons. The van der Waals surface area contributed by atoms with Crippen LogP contribution < -0.4 is 4.90 Å². The van der Waals surface area contributed by atoms with Crippen LogP contribution in [0.5, 0.6) is 0 Å². The van der Waals surface area contributed by atoms with Crippen LogP contribution in [-0.2, 0) is 6.54 Å². The van der Waals surface area contributed by atoms with Crippen molar-refractivity contribution in [3.8, 4) is 0 Å². The molecule has 0 unspecified atom stereocenters. The number of carbonyl (C=O) groups is 1. The van der Waals surface area contributed by atoms with Gasteiger partial charge in [0, 0.05) is 55.0 Å². The van der Waals surface area contributed by atoms with E-state index < -0.39 is 0 Å². The maximum atomic E-state index is 12.7. The molecule has 0 aliphatic carbocycles. The van der Waals surface area contributed by atoms with Crippen molar-refractivity contribution in [1.82, 2.24) is 9.80 Å². The number of nitrogens with zero attached hydrogens (tertiary/aromatic N) is 3. The highest BCUT2D eigenvalue weighted by Gasteiger charge is 2.25. The molecule has 1 amide bonds. The Morgan fingerprint density at radius 1 is 1.03 bits per heavy atom. The largest absolute Gasteiger partial charge is 0.364 e. The van der Waals surface area contributed by atoms with Gasteiger partial charge in [0.1, 0.15) is 0 Å². The van der Waals surface area contributed by atoms with Crippen LogP contribution in [0.15, 0.2) is 48.5 Å². The molecule has 1 aliphatic rings. The number of rotatable bonds is 9. The normalized spacial score (nSPS) is 15.1. The summed E-state index contributed by atoms with van der Waals surface area (Å²) in [5.41, 5.74) is 3.14. The predicted octanol–water partition coefficient (Wildman–Crippen LogP) is 5.70. The lowest BCUT2D eigenvalue weighted by Crippen LogP contribution is -2.45. The first-order chi connectivity index (χ1) is 15.0. The van der Waals surface area contributed by atoms with E-state index >= 15 is 0 Å². The highest BCUT2D eigenvalue weighted by atomic mass is 35.5. The number of hydrogen-bond acceptors (Lipinski definition) is 3. The van der Waals surface area contributed by atoms with Gasteiger partial charge in [-0.2, -0.15) is 0 Å². The Morgan fingerprint density at radius 3 is 2.29 bits per heavy atom. The lowest BCUT2D eigenvalue weighted by atomic mass is 10.0. The lowest BCUT2D eigenvalue weighted by molar-refractivity contribution is 0.0773. The highest BCUT2D eigenvalue weighted by molar-refractivity contribution is 6.30. The minimum absolute atomic E-state index is 0.103. The molecule has 0 saturated carbocycles. The Labute approximate surface area is 192 Å². The van der Waals surface area contributed by atoms with Crippen LogP contribution in [0.4, 0.5) is 5.69 Å². The first-order valence-corrected chi connectivity index (χ1v) is 12.1. The van der Waals surface area contributed by atoms with Crippen molar-refractivity contribution in [3.05, 3.63) is 64.7 Å². The molecule has 1 heterocycles. The molecule has 5 heteroatoms. The molecule has 31 heavy (non-hydrogen) atoms. The first kappa shape index (κ1) is 23.6. The molecule has 168 valence electrons. The van der Waals surface area contributed by atoms with Gasteiger partial charge in [0.15, 0.2) is 0 Å². The third-order valence-electron chi connectivity index (χ3n) is 6.28. The Morgan fingerprint density at radius 2 is 1.71 bits per heavy atom. The number of amides is 1. The number of hydrogen-bond donors (Lipinski definition) is 0. The van der Waals surface area contributed by atoms with Gasteiger partial charge in [0.05, 0.1) is 0 Å². The fraction of sp³-hybridized carbons (Fsp3) is 0.500. The maximum absolute atomic E-state index is 12.7. The van der Waals surface area contributed by atoms with Gasteiger partial charge in [-0.1, -0.05) is 30.7 Å². The zero-order valence-corrected chi connectivity index (χ0v) is 19.9. The number of carbonyl (C=O) groups excluding carboxylic acids is 1. The van der Waals surface area contributed by atoms with Crippen molar-refractivity contribution in [1.29, 1.82) is 0 Å². The van der Waals surface area contributed by atoms with Crippen LogP contribution in [0.1, 0.15) is 56.0 Å². The summed E-state index contributed by atoms with van der Waals surface area (Å²) >= 11 is 6.26. The predicted molar refractivity (Wildman–Crippen MR) is 131 cm³/mol. The molecule has 3 rings (SSSR count). The van der Waals surface area contributed by atoms with Crippen molar-refractivity contribution in [2.45, 2.75) is 52.6 Å². The summed E-state index contributed by atoms with van der Waals surface area (Å²) in [6, 6.07) is 16.8. The molecule has 1 fully saturated rings. The molecule has 2 aromatic carbocycles. The molecule has 0 atom stereocenters. The van der Waals surface area contributed by atoms with E-state index in [4.69, 9.17) is 11.6 Å². The summed E-state index contributed by atoms with van der Waals surface area (Å²) in [7, 11) is 0. The minimum atomic E-state index is 0.103. The van der Waals surface area contributed by atoms with Gasteiger partial charge in [-0.3, -0.25) is 4.79 Å². The first-order valence-electron chi connectivity index (χ1n) is 11.7. The fourth-order valence-electron chi connectivity index (χ4n) is 4.52. The Bertz CT molecular complexity index is 827. The number of anilines is 1. The van der Waals surface area contributed by atoms with Crippen molar-refractivity contribution >= 4 is 23.2 Å². The van der Waals surface area contributed by atoms with Gasteiger partial charge >= 0.3 is 0 Å². The van der Waals surface area contributed by atoms with E-state index in [2.05, 4.69) is 41.0 Å². The van der Waals surface area contributed by atoms with E-state index in [1.54, 1.807) is 0 Å². The average Bonchev–Trinajstić information content (AvgIpc) is 2.79. The van der Waals surface area contributed by atoms with Crippen LogP contribution >= 0.6 is 11.6 Å². The highest BCUT2D eigenvalue weighted by Crippen LogP contribution is 2.27. The summed E-state index contributed by atoms with van der Waals surface area (Å²) in [6.07, 6.45) is 3.51. The summed E-state index contributed by atoms with van der Waals surface area (Å²) in [5, 5.41) is 0.774. The summed E-state index contributed by atoms with van der Waals surface area (Å²) in [6.45, 7) is 12.0. The molecule has 4 nitrogen and oxygen atoms in total. The molecule has 0 aromatic heterocycles. The SMILES string of the molecule is CCCN1CCC(N(Cc2cccc(Cl)c2)c2ccc(C(=O)N(CC)CC)cc2)CC1. The van der Waals surface area contributed by atoms with Gasteiger partial charge in [0.2, 0.25) is 0 Å². The second kappa shape index (κ2) is 11.5. The van der Waals surface area contributed by atoms with Gasteiger partial charge in [0.25, 0.3) is 5.91 Å². The van der Waals surface area contributed by atoms with Crippen LogP contribution in [0, 0.1) is 0 Å². The number of piperidine rings is 1. The average molecular weight is 442 g/mol. The molecule has 1 aliphatic heterocycles. The van der Waals surface area contributed by atoms with E-state index in [1.165, 1.54) is 24.2 Å². The van der Waals surface area contributed by atoms with Crippen LogP contribution in [0.25, 0.3) is 0 Å². The van der Waals surface area contributed by atoms with Crippen molar-refractivity contribution in [3.63, 3.8) is 0 Å². The topological polar surface area (TPSA) is 26.8 Å². The minimum Gasteiger partial charge on any atom is -0.364 e. The summed E-state index contributed by atoms with van der Waals surface area (Å²) in [4.78, 5) is 19.6. The molecule has 1 saturated heterocycles. The molecule has 0 spiro atoms. The molecular formula is C26H36ClN3O. The van der Waals surface area contributed by atoms with Crippen LogP contribution in [-0.4, -0.2) is 54.5 Å². The van der Waals surface area contributed by atoms with Gasteiger partial charge < -0.3 is 14.7 Å². The van der Waals surface area contributed by atoms with Crippen LogP contribution in [0.2, 0.25) is 5.02 Å². The Hall–Kier alpha value is -2.04. The third-order valence-corrected chi connectivity index (χ3v) is 6.51. The van der Waals surface area contributed by atoms with Gasteiger partial charge in [-0.05, 0) is 81.6 Å². The quantitative estimate of drug-likeness (QED) is 0.499. The van der Waals surface area contributed by atoms with Gasteiger partial charge in [-0.15, -0.1) is 0 Å². The van der Waals surface area contributed by atoms with E-state index in [-0.39, 0.29) is 5.91 Å². The fourth-order valence-corrected chi connectivity index (χ4v) is 4.74. The molecule has 2 aromatic rings. The molecule has 0 N–H and O–H groups in total. The van der Waals surface area contributed by atoms with Gasteiger partial charge in [-0.25, -0.2) is 0 Å². The van der Waals surface area contributed by atoms with E-state index in [1.807, 2.05) is 43.0 Å². The smallest absolute Gasteiger partial charge is 0.253 e. The zero-order valence-electron chi connectivity index (χ0n) is 19.2. The lowest BCUT2D eigenvalue weighted by Gasteiger charge is -2.40. The summed E-state index contributed by atoms with van der Waals surface area (Å²) in [5.74, 6) is 0.103. The van der Waals surface area contributed by atoms with E-state index in [0.29, 0.717) is 6.04 Å². The number of benzene rings is 2. The van der Waals surface area contributed by atoms with E-state index in [9.17, 15) is 4.79 Å². The second-order valence-electron chi connectivity index (χ2n) is 8.35. The zero-order chi connectivity index (χ0) is 22.2. The summed E-state index contributed by atoms with van der Waals surface area (Å²) < 4.78 is 0.